The second kappa shape index (κ2) is 14.9. The van der Waals surface area contributed by atoms with E-state index in [9.17, 15) is 0 Å². The summed E-state index contributed by atoms with van der Waals surface area (Å²) < 4.78 is 0. The fraction of sp³-hybridized carbons (Fsp3) is 0.0508. The van der Waals surface area contributed by atoms with Gasteiger partial charge in [0.25, 0.3) is 0 Å². The SMILES string of the molecule is CC1(C)c2cc3ccccc3cc2-c2c(-c3ccc(-c4ccccc4-c4cc(-c5ccccc5-c5ccc(-c6ccccc6)cc5)nc(-c5ccccc5)n4)cc3)cccc21. The van der Waals surface area contributed by atoms with E-state index >= 15 is 0 Å². The summed E-state index contributed by atoms with van der Waals surface area (Å²) in [6.45, 7) is 4.72. The molecule has 1 aliphatic rings. The first-order chi connectivity index (χ1) is 30.0. The molecule has 0 amide bonds. The molecule has 10 aromatic rings. The maximum Gasteiger partial charge on any atom is 0.160 e. The van der Waals surface area contributed by atoms with Crippen LogP contribution in [0.25, 0.3) is 100 Å². The summed E-state index contributed by atoms with van der Waals surface area (Å²) >= 11 is 0. The molecule has 0 N–H and O–H groups in total. The first kappa shape index (κ1) is 36.4. The fourth-order valence-corrected chi connectivity index (χ4v) is 9.37. The largest absolute Gasteiger partial charge is 0.228 e. The summed E-state index contributed by atoms with van der Waals surface area (Å²) in [5.41, 5.74) is 19.6. The van der Waals surface area contributed by atoms with Gasteiger partial charge >= 0.3 is 0 Å². The van der Waals surface area contributed by atoms with Crippen LogP contribution in [0.3, 0.4) is 0 Å². The van der Waals surface area contributed by atoms with Crippen molar-refractivity contribution in [2.75, 3.05) is 0 Å². The standard InChI is InChI=1S/C59H42N2/c1-59(2)53-27-15-26-49(57(53)52-36-45-20-9-10-21-46(45)37-54(52)59)43-34-32-42(33-35-43)48-23-12-14-25-51(48)56-38-55(60-58(61-56)44-18-7-4-8-19-44)50-24-13-11-22-47(50)41-30-28-40(29-31-41)39-16-5-3-6-17-39/h3-38H,1-2H3. The van der Waals surface area contributed by atoms with Crippen molar-refractivity contribution in [1.29, 1.82) is 0 Å². The Labute approximate surface area is 357 Å². The van der Waals surface area contributed by atoms with Crippen LogP contribution < -0.4 is 0 Å². The first-order valence-electron chi connectivity index (χ1n) is 21.1. The third-order valence-electron chi connectivity index (χ3n) is 12.5. The van der Waals surface area contributed by atoms with Gasteiger partial charge in [0.1, 0.15) is 0 Å². The number of aromatic nitrogens is 2. The van der Waals surface area contributed by atoms with E-state index < -0.39 is 0 Å². The maximum absolute atomic E-state index is 5.28. The van der Waals surface area contributed by atoms with Crippen LogP contribution in [-0.4, -0.2) is 9.97 Å². The Morgan fingerprint density at radius 2 is 0.721 bits per heavy atom. The predicted octanol–water partition coefficient (Wildman–Crippen LogP) is 15.6. The number of fused-ring (bicyclic) bond motifs is 4. The molecule has 0 bridgehead atoms. The summed E-state index contributed by atoms with van der Waals surface area (Å²) in [5.74, 6) is 0.696. The molecule has 0 spiro atoms. The van der Waals surface area contributed by atoms with Crippen molar-refractivity contribution in [2.45, 2.75) is 19.3 Å². The molecule has 0 atom stereocenters. The van der Waals surface area contributed by atoms with Gasteiger partial charge in [0.15, 0.2) is 5.82 Å². The molecule has 0 radical (unpaired) electrons. The van der Waals surface area contributed by atoms with Crippen LogP contribution in [0, 0.1) is 0 Å². The van der Waals surface area contributed by atoms with Crippen LogP contribution in [0.1, 0.15) is 25.0 Å². The van der Waals surface area contributed by atoms with Crippen LogP contribution >= 0.6 is 0 Å². The summed E-state index contributed by atoms with van der Waals surface area (Å²) in [5, 5.41) is 2.56. The van der Waals surface area contributed by atoms with Crippen LogP contribution in [0.4, 0.5) is 0 Å². The Bertz CT molecular complexity index is 3240. The molecule has 1 heterocycles. The van der Waals surface area contributed by atoms with Crippen molar-refractivity contribution in [3.05, 3.63) is 230 Å². The van der Waals surface area contributed by atoms with E-state index in [0.29, 0.717) is 5.82 Å². The first-order valence-corrected chi connectivity index (χ1v) is 21.1. The molecule has 9 aromatic carbocycles. The topological polar surface area (TPSA) is 25.8 Å². The van der Waals surface area contributed by atoms with E-state index in [1.165, 1.54) is 55.3 Å². The second-order valence-corrected chi connectivity index (χ2v) is 16.5. The lowest BCUT2D eigenvalue weighted by molar-refractivity contribution is 0.661. The Morgan fingerprint density at radius 1 is 0.295 bits per heavy atom. The van der Waals surface area contributed by atoms with Gasteiger partial charge in [-0.25, -0.2) is 9.97 Å². The number of nitrogens with zero attached hydrogens (tertiary/aromatic N) is 2. The molecule has 2 nitrogen and oxygen atoms in total. The molecule has 0 unspecified atom stereocenters. The Hall–Kier alpha value is -7.68. The van der Waals surface area contributed by atoms with Crippen LogP contribution in [-0.2, 0) is 5.41 Å². The highest BCUT2D eigenvalue weighted by molar-refractivity contribution is 5.99. The lowest BCUT2D eigenvalue weighted by Gasteiger charge is -2.22. The monoisotopic (exact) mass is 778 g/mol. The molecule has 0 aliphatic heterocycles. The minimum Gasteiger partial charge on any atom is -0.228 e. The number of hydrogen-bond donors (Lipinski definition) is 0. The Morgan fingerprint density at radius 3 is 1.30 bits per heavy atom. The highest BCUT2D eigenvalue weighted by Gasteiger charge is 2.37. The van der Waals surface area contributed by atoms with Crippen molar-refractivity contribution >= 4 is 10.8 Å². The number of benzene rings is 9. The zero-order chi connectivity index (χ0) is 40.9. The molecule has 2 heteroatoms. The molecule has 0 saturated heterocycles. The Balaban J connectivity index is 1.000. The van der Waals surface area contributed by atoms with Gasteiger partial charge in [0, 0.05) is 22.1 Å². The summed E-state index contributed by atoms with van der Waals surface area (Å²) in [6.07, 6.45) is 0. The lowest BCUT2D eigenvalue weighted by Crippen LogP contribution is -2.14. The second-order valence-electron chi connectivity index (χ2n) is 16.5. The minimum atomic E-state index is -0.0912. The molecular weight excluding hydrogens is 737 g/mol. The number of rotatable bonds is 7. The zero-order valence-corrected chi connectivity index (χ0v) is 34.2. The van der Waals surface area contributed by atoms with E-state index in [-0.39, 0.29) is 5.41 Å². The minimum absolute atomic E-state index is 0.0912. The average Bonchev–Trinajstić information content (AvgIpc) is 3.56. The Kier molecular flexibility index (Phi) is 8.86. The van der Waals surface area contributed by atoms with E-state index in [1.807, 2.05) is 18.2 Å². The van der Waals surface area contributed by atoms with Crippen molar-refractivity contribution < 1.29 is 0 Å². The molecule has 61 heavy (non-hydrogen) atoms. The van der Waals surface area contributed by atoms with Gasteiger partial charge in [-0.1, -0.05) is 214 Å². The van der Waals surface area contributed by atoms with Gasteiger partial charge in [-0.15, -0.1) is 0 Å². The average molecular weight is 779 g/mol. The molecular formula is C59H42N2. The third kappa shape index (κ3) is 6.45. The van der Waals surface area contributed by atoms with Gasteiger partial charge < -0.3 is 0 Å². The van der Waals surface area contributed by atoms with Crippen molar-refractivity contribution in [1.82, 2.24) is 9.97 Å². The van der Waals surface area contributed by atoms with Gasteiger partial charge in [-0.3, -0.25) is 0 Å². The van der Waals surface area contributed by atoms with Crippen molar-refractivity contribution in [3.8, 4) is 89.5 Å². The smallest absolute Gasteiger partial charge is 0.160 e. The van der Waals surface area contributed by atoms with Gasteiger partial charge in [0.2, 0.25) is 0 Å². The molecule has 11 rings (SSSR count). The van der Waals surface area contributed by atoms with Crippen LogP contribution in [0.15, 0.2) is 218 Å². The lowest BCUT2D eigenvalue weighted by atomic mass is 9.81. The highest BCUT2D eigenvalue weighted by atomic mass is 14.9. The van der Waals surface area contributed by atoms with Crippen molar-refractivity contribution in [3.63, 3.8) is 0 Å². The van der Waals surface area contributed by atoms with Gasteiger partial charge in [-0.2, -0.15) is 0 Å². The fourth-order valence-electron chi connectivity index (χ4n) is 9.37. The molecule has 0 fully saturated rings. The predicted molar refractivity (Wildman–Crippen MR) is 255 cm³/mol. The van der Waals surface area contributed by atoms with Crippen molar-refractivity contribution in [2.24, 2.45) is 0 Å². The number of hydrogen-bond acceptors (Lipinski definition) is 2. The summed E-state index contributed by atoms with van der Waals surface area (Å²) in [7, 11) is 0. The van der Waals surface area contributed by atoms with E-state index in [0.717, 1.165) is 50.3 Å². The molecule has 1 aromatic heterocycles. The van der Waals surface area contributed by atoms with Gasteiger partial charge in [0.05, 0.1) is 11.4 Å². The summed E-state index contributed by atoms with van der Waals surface area (Å²) in [4.78, 5) is 10.5. The van der Waals surface area contributed by atoms with E-state index in [1.54, 1.807) is 0 Å². The zero-order valence-electron chi connectivity index (χ0n) is 34.2. The normalized spacial score (nSPS) is 12.6. The van der Waals surface area contributed by atoms with Gasteiger partial charge in [-0.05, 0) is 95.7 Å². The molecule has 0 saturated carbocycles. The quantitative estimate of drug-likeness (QED) is 0.161. The van der Waals surface area contributed by atoms with Crippen LogP contribution in [0.5, 0.6) is 0 Å². The third-order valence-corrected chi connectivity index (χ3v) is 12.5. The highest BCUT2D eigenvalue weighted by Crippen LogP contribution is 2.53. The molecule has 288 valence electrons. The van der Waals surface area contributed by atoms with E-state index in [4.69, 9.17) is 9.97 Å². The molecule has 1 aliphatic carbocycles. The van der Waals surface area contributed by atoms with Crippen LogP contribution in [0.2, 0.25) is 0 Å². The maximum atomic E-state index is 5.28. The summed E-state index contributed by atoms with van der Waals surface area (Å²) in [6, 6.07) is 78.4. The van der Waals surface area contributed by atoms with E-state index in [2.05, 4.69) is 214 Å².